The maximum atomic E-state index is 5.49. The van der Waals surface area contributed by atoms with Crippen molar-refractivity contribution in [3.63, 3.8) is 0 Å². The Hall–Kier alpha value is -5.10. The normalized spacial score (nSPS) is 12.2. The molecule has 0 aliphatic rings. The lowest BCUT2D eigenvalue weighted by atomic mass is 10.1. The predicted octanol–water partition coefficient (Wildman–Crippen LogP) is 11.1. The summed E-state index contributed by atoms with van der Waals surface area (Å²) in [6.07, 6.45) is 0. The van der Waals surface area contributed by atoms with Gasteiger partial charge < -0.3 is 0 Å². The fraction of sp³-hybridized carbons (Fsp3) is 0. The molecular weight excluding hydrogens is 563 g/mol. The molecule has 3 nitrogen and oxygen atoms in total. The molecule has 0 atom stereocenters. The van der Waals surface area contributed by atoms with Gasteiger partial charge in [0.2, 0.25) is 0 Å². The molecule has 0 bridgehead atoms. The lowest BCUT2D eigenvalue weighted by molar-refractivity contribution is 1.08. The molecule has 0 aliphatic carbocycles. The van der Waals surface area contributed by atoms with Gasteiger partial charge in [-0.2, -0.15) is 0 Å². The number of hydrogen-bond acceptors (Lipinski definition) is 4. The highest BCUT2D eigenvalue weighted by Crippen LogP contribution is 2.43. The number of hydrogen-bond donors (Lipinski definition) is 0. The first-order valence-electron chi connectivity index (χ1n) is 14.3. The SMILES string of the molecule is c1ccc2cc3c(cc2c1)c1ccccc1n3-c1nc(-c2cccc3sc4ccccc4c23)nc2c1sc1ccccc12. The van der Waals surface area contributed by atoms with Crippen molar-refractivity contribution in [2.45, 2.75) is 0 Å². The molecule has 6 aromatic carbocycles. The number of para-hydroxylation sites is 1. The monoisotopic (exact) mass is 583 g/mol. The summed E-state index contributed by atoms with van der Waals surface area (Å²) in [7, 11) is 0. The van der Waals surface area contributed by atoms with Crippen LogP contribution in [-0.2, 0) is 0 Å². The number of aromatic nitrogens is 3. The van der Waals surface area contributed by atoms with E-state index in [1.165, 1.54) is 51.8 Å². The minimum Gasteiger partial charge on any atom is -0.292 e. The highest BCUT2D eigenvalue weighted by molar-refractivity contribution is 7.26. The third kappa shape index (κ3) is 3.29. The van der Waals surface area contributed by atoms with Crippen molar-refractivity contribution in [1.82, 2.24) is 14.5 Å². The molecule has 0 saturated heterocycles. The third-order valence-electron chi connectivity index (χ3n) is 8.60. The van der Waals surface area contributed by atoms with E-state index in [0.29, 0.717) is 0 Å². The molecule has 0 N–H and O–H groups in total. The summed E-state index contributed by atoms with van der Waals surface area (Å²) in [5.41, 5.74) is 4.38. The summed E-state index contributed by atoms with van der Waals surface area (Å²) >= 11 is 3.60. The number of rotatable bonds is 2. The van der Waals surface area contributed by atoms with E-state index in [0.717, 1.165) is 38.5 Å². The second-order valence-electron chi connectivity index (χ2n) is 11.0. The van der Waals surface area contributed by atoms with E-state index >= 15 is 0 Å². The molecule has 200 valence electrons. The van der Waals surface area contributed by atoms with E-state index in [1.54, 1.807) is 11.3 Å². The van der Waals surface area contributed by atoms with Gasteiger partial charge in [-0.05, 0) is 47.2 Å². The van der Waals surface area contributed by atoms with Crippen LogP contribution in [0.25, 0.3) is 90.3 Å². The van der Waals surface area contributed by atoms with Crippen LogP contribution in [0.5, 0.6) is 0 Å². The Labute approximate surface area is 253 Å². The zero-order chi connectivity index (χ0) is 28.1. The first-order valence-corrected chi connectivity index (χ1v) is 16.0. The van der Waals surface area contributed by atoms with E-state index in [9.17, 15) is 0 Å². The van der Waals surface area contributed by atoms with Crippen molar-refractivity contribution in [1.29, 1.82) is 0 Å². The number of benzene rings is 6. The topological polar surface area (TPSA) is 30.7 Å². The smallest absolute Gasteiger partial charge is 0.162 e. The molecule has 0 radical (unpaired) electrons. The first-order chi connectivity index (χ1) is 21.3. The molecule has 4 heterocycles. The number of fused-ring (bicyclic) bond motifs is 10. The Bertz CT molecular complexity index is 2750. The minimum atomic E-state index is 0.756. The van der Waals surface area contributed by atoms with Gasteiger partial charge in [-0.1, -0.05) is 91.0 Å². The molecule has 5 heteroatoms. The van der Waals surface area contributed by atoms with Crippen LogP contribution < -0.4 is 0 Å². The van der Waals surface area contributed by atoms with E-state index in [4.69, 9.17) is 9.97 Å². The maximum Gasteiger partial charge on any atom is 0.162 e. The van der Waals surface area contributed by atoms with Crippen LogP contribution in [0.4, 0.5) is 0 Å². The van der Waals surface area contributed by atoms with E-state index < -0.39 is 0 Å². The van der Waals surface area contributed by atoms with Crippen molar-refractivity contribution >= 4 is 95.7 Å². The summed E-state index contributed by atoms with van der Waals surface area (Å²) < 4.78 is 7.22. The third-order valence-corrected chi connectivity index (χ3v) is 10.9. The molecule has 10 aromatic rings. The Morgan fingerprint density at radius 3 is 2.02 bits per heavy atom. The van der Waals surface area contributed by atoms with Gasteiger partial charge in [0.05, 0.1) is 21.3 Å². The van der Waals surface area contributed by atoms with Gasteiger partial charge in [-0.15, -0.1) is 22.7 Å². The van der Waals surface area contributed by atoms with Gasteiger partial charge in [0.25, 0.3) is 0 Å². The van der Waals surface area contributed by atoms with Crippen LogP contribution in [0.15, 0.2) is 127 Å². The fourth-order valence-corrected chi connectivity index (χ4v) is 8.95. The van der Waals surface area contributed by atoms with Gasteiger partial charge in [0.15, 0.2) is 11.6 Å². The minimum absolute atomic E-state index is 0.756. The summed E-state index contributed by atoms with van der Waals surface area (Å²) in [4.78, 5) is 10.8. The Balaban J connectivity index is 1.39. The average molecular weight is 584 g/mol. The van der Waals surface area contributed by atoms with Crippen molar-refractivity contribution in [3.8, 4) is 17.2 Å². The van der Waals surface area contributed by atoms with Crippen LogP contribution in [0.3, 0.4) is 0 Å². The fourth-order valence-electron chi connectivity index (χ4n) is 6.69. The number of nitrogens with zero attached hydrogens (tertiary/aromatic N) is 3. The molecule has 4 aromatic heterocycles. The molecule has 0 aliphatic heterocycles. The molecule has 0 unspecified atom stereocenters. The lowest BCUT2D eigenvalue weighted by Gasteiger charge is -2.12. The highest BCUT2D eigenvalue weighted by Gasteiger charge is 2.22. The molecule has 43 heavy (non-hydrogen) atoms. The second kappa shape index (κ2) is 8.71. The van der Waals surface area contributed by atoms with Gasteiger partial charge >= 0.3 is 0 Å². The van der Waals surface area contributed by atoms with Gasteiger partial charge in [0, 0.05) is 46.6 Å². The molecule has 0 fully saturated rings. The van der Waals surface area contributed by atoms with Crippen molar-refractivity contribution in [3.05, 3.63) is 127 Å². The number of thiophene rings is 2. The Morgan fingerprint density at radius 1 is 0.488 bits per heavy atom. The highest BCUT2D eigenvalue weighted by atomic mass is 32.1. The maximum absolute atomic E-state index is 5.49. The lowest BCUT2D eigenvalue weighted by Crippen LogP contribution is -2.01. The van der Waals surface area contributed by atoms with Crippen molar-refractivity contribution < 1.29 is 0 Å². The van der Waals surface area contributed by atoms with Crippen LogP contribution in [0.1, 0.15) is 0 Å². The van der Waals surface area contributed by atoms with Crippen molar-refractivity contribution in [2.75, 3.05) is 0 Å². The molecule has 0 saturated carbocycles. The Morgan fingerprint density at radius 2 is 1.16 bits per heavy atom. The van der Waals surface area contributed by atoms with Gasteiger partial charge in [-0.3, -0.25) is 4.57 Å². The summed E-state index contributed by atoms with van der Waals surface area (Å²) in [6, 6.07) is 45.7. The van der Waals surface area contributed by atoms with E-state index in [2.05, 4.69) is 132 Å². The van der Waals surface area contributed by atoms with Crippen LogP contribution >= 0.6 is 22.7 Å². The van der Waals surface area contributed by atoms with Crippen molar-refractivity contribution in [2.24, 2.45) is 0 Å². The predicted molar refractivity (Wildman–Crippen MR) is 185 cm³/mol. The van der Waals surface area contributed by atoms with Crippen LogP contribution in [0, 0.1) is 0 Å². The molecule has 10 rings (SSSR count). The first kappa shape index (κ1) is 23.5. The summed E-state index contributed by atoms with van der Waals surface area (Å²) in [5, 5.41) is 8.56. The van der Waals surface area contributed by atoms with E-state index in [-0.39, 0.29) is 0 Å². The van der Waals surface area contributed by atoms with Crippen LogP contribution in [-0.4, -0.2) is 14.5 Å². The van der Waals surface area contributed by atoms with E-state index in [1.807, 2.05) is 11.3 Å². The molecular formula is C38H21N3S2. The largest absolute Gasteiger partial charge is 0.292 e. The summed E-state index contributed by atoms with van der Waals surface area (Å²) in [6.45, 7) is 0. The zero-order valence-electron chi connectivity index (χ0n) is 22.8. The summed E-state index contributed by atoms with van der Waals surface area (Å²) in [5.74, 6) is 1.69. The van der Waals surface area contributed by atoms with Crippen LogP contribution in [0.2, 0.25) is 0 Å². The zero-order valence-corrected chi connectivity index (χ0v) is 24.4. The molecule has 0 amide bonds. The quantitative estimate of drug-likeness (QED) is 0.203. The van der Waals surface area contributed by atoms with Gasteiger partial charge in [0.1, 0.15) is 0 Å². The average Bonchev–Trinajstić information content (AvgIpc) is 3.73. The Kier molecular flexibility index (Phi) is 4.75. The standard InChI is InChI=1S/C38H21N3S2/c1-2-11-23-21-30-28(20-22(23)10-1)24-12-3-6-16-29(24)41(30)38-36-35(26-14-5-8-18-32(26)43-36)39-37(40-38)27-15-9-19-33-34(27)25-13-4-7-17-31(25)42-33/h1-21H. The second-order valence-corrected chi connectivity index (χ2v) is 13.1. The molecule has 0 spiro atoms. The van der Waals surface area contributed by atoms with Gasteiger partial charge in [-0.25, -0.2) is 9.97 Å².